The van der Waals surface area contributed by atoms with Crippen molar-refractivity contribution in [1.29, 1.82) is 0 Å². The summed E-state index contributed by atoms with van der Waals surface area (Å²) in [5.74, 6) is 0.888. The van der Waals surface area contributed by atoms with Crippen molar-refractivity contribution >= 4 is 5.91 Å². The molecule has 1 atom stereocenters. The lowest BCUT2D eigenvalue weighted by Crippen LogP contribution is -2.34. The van der Waals surface area contributed by atoms with Gasteiger partial charge in [-0.2, -0.15) is 0 Å². The normalized spacial score (nSPS) is 20.2. The van der Waals surface area contributed by atoms with Gasteiger partial charge in [0.1, 0.15) is 0 Å². The van der Waals surface area contributed by atoms with E-state index in [0.29, 0.717) is 6.42 Å². The average Bonchev–Trinajstić information content (AvgIpc) is 2.31. The van der Waals surface area contributed by atoms with Gasteiger partial charge in [-0.25, -0.2) is 0 Å². The second-order valence-corrected chi connectivity index (χ2v) is 5.26. The Morgan fingerprint density at radius 1 is 1.47 bits per heavy atom. The molecule has 17 heavy (non-hydrogen) atoms. The Hall–Kier alpha value is -0.610. The quantitative estimate of drug-likeness (QED) is 0.728. The number of hydrogen-bond acceptors (Lipinski definition) is 3. The van der Waals surface area contributed by atoms with Crippen molar-refractivity contribution < 1.29 is 4.79 Å². The molecule has 0 spiro atoms. The fourth-order valence-corrected chi connectivity index (χ4v) is 2.22. The number of piperidine rings is 1. The van der Waals surface area contributed by atoms with Gasteiger partial charge in [0.25, 0.3) is 0 Å². The summed E-state index contributed by atoms with van der Waals surface area (Å²) < 4.78 is 0. The lowest BCUT2D eigenvalue weighted by atomic mass is 9.94. The van der Waals surface area contributed by atoms with Gasteiger partial charge in [0.05, 0.1) is 0 Å². The molecule has 1 saturated heterocycles. The van der Waals surface area contributed by atoms with E-state index in [2.05, 4.69) is 17.3 Å². The second-order valence-electron chi connectivity index (χ2n) is 5.26. The van der Waals surface area contributed by atoms with Gasteiger partial charge < -0.3 is 16.0 Å². The van der Waals surface area contributed by atoms with Gasteiger partial charge in [-0.3, -0.25) is 4.79 Å². The van der Waals surface area contributed by atoms with E-state index in [4.69, 9.17) is 5.73 Å². The number of rotatable bonds is 6. The number of nitrogens with zero attached hydrogens (tertiary/aromatic N) is 1. The molecule has 1 heterocycles. The summed E-state index contributed by atoms with van der Waals surface area (Å²) >= 11 is 0. The molecule has 0 aliphatic carbocycles. The fraction of sp³-hybridized carbons (Fsp3) is 0.923. The van der Waals surface area contributed by atoms with Gasteiger partial charge in [0.2, 0.25) is 5.91 Å². The molecule has 1 fully saturated rings. The van der Waals surface area contributed by atoms with E-state index in [9.17, 15) is 4.79 Å². The Morgan fingerprint density at radius 3 is 2.71 bits per heavy atom. The molecule has 3 N–H and O–H groups in total. The van der Waals surface area contributed by atoms with E-state index < -0.39 is 0 Å². The fourth-order valence-electron chi connectivity index (χ4n) is 2.22. The molecule has 0 bridgehead atoms. The molecule has 0 saturated carbocycles. The van der Waals surface area contributed by atoms with Crippen LogP contribution in [-0.2, 0) is 4.79 Å². The third-order valence-electron chi connectivity index (χ3n) is 3.68. The van der Waals surface area contributed by atoms with Crippen LogP contribution in [0.25, 0.3) is 0 Å². The van der Waals surface area contributed by atoms with Gasteiger partial charge >= 0.3 is 0 Å². The Bertz CT molecular complexity index is 225. The van der Waals surface area contributed by atoms with Crippen LogP contribution < -0.4 is 11.1 Å². The largest absolute Gasteiger partial charge is 0.356 e. The van der Waals surface area contributed by atoms with Crippen LogP contribution in [0.5, 0.6) is 0 Å². The average molecular weight is 241 g/mol. The molecule has 0 aromatic rings. The lowest BCUT2D eigenvalue weighted by molar-refractivity contribution is -0.121. The molecule has 4 nitrogen and oxygen atoms in total. The highest BCUT2D eigenvalue weighted by molar-refractivity contribution is 5.76. The standard InChI is InChI=1S/C13H27N3O/c1-3-12(14)10-13(17)15-7-4-11-5-8-16(2)9-6-11/h11-12H,3-10,14H2,1-2H3,(H,15,17). The number of carbonyl (C=O) groups excluding carboxylic acids is 1. The molecular weight excluding hydrogens is 214 g/mol. The van der Waals surface area contributed by atoms with Crippen molar-refractivity contribution in [1.82, 2.24) is 10.2 Å². The highest BCUT2D eigenvalue weighted by atomic mass is 16.1. The number of likely N-dealkylation sites (tertiary alicyclic amines) is 1. The van der Waals surface area contributed by atoms with Crippen LogP contribution >= 0.6 is 0 Å². The lowest BCUT2D eigenvalue weighted by Gasteiger charge is -2.28. The van der Waals surface area contributed by atoms with Crippen molar-refractivity contribution in [2.45, 2.75) is 45.1 Å². The van der Waals surface area contributed by atoms with Crippen LogP contribution in [0.15, 0.2) is 0 Å². The minimum atomic E-state index is 0.0123. The third kappa shape index (κ3) is 6.03. The summed E-state index contributed by atoms with van der Waals surface area (Å²) in [5, 5.41) is 2.97. The number of nitrogens with two attached hydrogens (primary N) is 1. The highest BCUT2D eigenvalue weighted by Crippen LogP contribution is 2.18. The van der Waals surface area contributed by atoms with E-state index in [-0.39, 0.29) is 11.9 Å². The summed E-state index contributed by atoms with van der Waals surface area (Å²) in [6, 6.07) is 0.0123. The number of carbonyl (C=O) groups is 1. The second kappa shape index (κ2) is 7.67. The van der Waals surface area contributed by atoms with Crippen LogP contribution in [0.4, 0.5) is 0 Å². The van der Waals surface area contributed by atoms with Crippen LogP contribution in [-0.4, -0.2) is 43.5 Å². The summed E-state index contributed by atoms with van der Waals surface area (Å²) in [5.41, 5.74) is 5.74. The molecule has 100 valence electrons. The van der Waals surface area contributed by atoms with E-state index in [1.165, 1.54) is 25.9 Å². The van der Waals surface area contributed by atoms with Crippen molar-refractivity contribution in [3.63, 3.8) is 0 Å². The summed E-state index contributed by atoms with van der Waals surface area (Å²) in [6.07, 6.45) is 4.97. The third-order valence-corrected chi connectivity index (χ3v) is 3.68. The topological polar surface area (TPSA) is 58.4 Å². The summed E-state index contributed by atoms with van der Waals surface area (Å²) in [6.45, 7) is 5.21. The maximum atomic E-state index is 11.5. The molecule has 1 aliphatic rings. The van der Waals surface area contributed by atoms with Crippen molar-refractivity contribution in [3.8, 4) is 0 Å². The van der Waals surface area contributed by atoms with Gasteiger partial charge in [-0.05, 0) is 51.7 Å². The molecule has 1 aliphatic heterocycles. The zero-order valence-electron chi connectivity index (χ0n) is 11.2. The maximum Gasteiger partial charge on any atom is 0.221 e. The van der Waals surface area contributed by atoms with Crippen LogP contribution in [0, 0.1) is 5.92 Å². The molecule has 0 aromatic carbocycles. The van der Waals surface area contributed by atoms with E-state index in [1.54, 1.807) is 0 Å². The van der Waals surface area contributed by atoms with Gasteiger partial charge in [0.15, 0.2) is 0 Å². The Morgan fingerprint density at radius 2 is 2.12 bits per heavy atom. The van der Waals surface area contributed by atoms with Crippen molar-refractivity contribution in [2.75, 3.05) is 26.7 Å². The monoisotopic (exact) mass is 241 g/mol. The number of amides is 1. The molecule has 1 unspecified atom stereocenters. The smallest absolute Gasteiger partial charge is 0.221 e. The SMILES string of the molecule is CCC(N)CC(=O)NCCC1CCN(C)CC1. The highest BCUT2D eigenvalue weighted by Gasteiger charge is 2.16. The molecule has 1 rings (SSSR count). The van der Waals surface area contributed by atoms with Crippen LogP contribution in [0.3, 0.4) is 0 Å². The maximum absolute atomic E-state index is 11.5. The van der Waals surface area contributed by atoms with E-state index in [1.807, 2.05) is 6.92 Å². The first-order chi connectivity index (χ1) is 8.11. The molecular formula is C13H27N3O. The summed E-state index contributed by atoms with van der Waals surface area (Å²) in [4.78, 5) is 13.9. The zero-order chi connectivity index (χ0) is 12.7. The van der Waals surface area contributed by atoms with E-state index >= 15 is 0 Å². The first kappa shape index (κ1) is 14.5. The molecule has 0 aromatic heterocycles. The van der Waals surface area contributed by atoms with Crippen molar-refractivity contribution in [2.24, 2.45) is 11.7 Å². The molecule has 0 radical (unpaired) electrons. The predicted molar refractivity (Wildman–Crippen MR) is 70.7 cm³/mol. The minimum Gasteiger partial charge on any atom is -0.356 e. The van der Waals surface area contributed by atoms with Gasteiger partial charge in [-0.15, -0.1) is 0 Å². The number of hydrogen-bond donors (Lipinski definition) is 2. The molecule has 1 amide bonds. The minimum absolute atomic E-state index is 0.0123. The Balaban J connectivity index is 2.05. The van der Waals surface area contributed by atoms with Crippen molar-refractivity contribution in [3.05, 3.63) is 0 Å². The Labute approximate surface area is 105 Å². The van der Waals surface area contributed by atoms with Gasteiger partial charge in [-0.1, -0.05) is 6.92 Å². The zero-order valence-corrected chi connectivity index (χ0v) is 11.2. The summed E-state index contributed by atoms with van der Waals surface area (Å²) in [7, 11) is 2.17. The number of nitrogens with one attached hydrogen (secondary N) is 1. The first-order valence-corrected chi connectivity index (χ1v) is 6.82. The van der Waals surface area contributed by atoms with E-state index in [0.717, 1.165) is 25.3 Å². The predicted octanol–water partition coefficient (Wildman–Crippen LogP) is 0.962. The molecule has 4 heteroatoms. The Kier molecular flexibility index (Phi) is 6.52. The van der Waals surface area contributed by atoms with Gasteiger partial charge in [0, 0.05) is 19.0 Å². The van der Waals surface area contributed by atoms with Crippen LogP contribution in [0.1, 0.15) is 39.0 Å². The van der Waals surface area contributed by atoms with Crippen LogP contribution in [0.2, 0.25) is 0 Å². The first-order valence-electron chi connectivity index (χ1n) is 6.82.